The number of benzene rings is 1. The Morgan fingerprint density at radius 3 is 2.41 bits per heavy atom. The van der Waals surface area contributed by atoms with Gasteiger partial charge in [-0.15, -0.1) is 0 Å². The lowest BCUT2D eigenvalue weighted by Gasteiger charge is -2.19. The molecule has 0 aliphatic heterocycles. The summed E-state index contributed by atoms with van der Waals surface area (Å²) in [5.74, 6) is -1.92. The van der Waals surface area contributed by atoms with Crippen LogP contribution in [0.2, 0.25) is 0 Å². The molecule has 0 amide bonds. The first kappa shape index (κ1) is 13.3. The van der Waals surface area contributed by atoms with Crippen LogP contribution < -0.4 is 5.32 Å². The average Bonchev–Trinajstić information content (AvgIpc) is 2.13. The predicted molar refractivity (Wildman–Crippen MR) is 61.0 cm³/mol. The molecule has 0 bridgehead atoms. The zero-order valence-corrected chi connectivity index (χ0v) is 9.88. The van der Waals surface area contributed by atoms with Crippen LogP contribution in [-0.4, -0.2) is 11.5 Å². The molecular weight excluding hydrogens is 230 g/mol. The quantitative estimate of drug-likeness (QED) is 0.655. The van der Waals surface area contributed by atoms with E-state index in [-0.39, 0.29) is 11.1 Å². The van der Waals surface area contributed by atoms with Gasteiger partial charge in [-0.25, -0.2) is 8.78 Å². The molecule has 4 nitrogen and oxygen atoms in total. The topological polar surface area (TPSA) is 55.2 Å². The molecule has 0 spiro atoms. The summed E-state index contributed by atoms with van der Waals surface area (Å²) in [6, 6.07) is 1.33. The Labute approximate surface area is 97.8 Å². The zero-order valence-electron chi connectivity index (χ0n) is 9.88. The first-order valence-corrected chi connectivity index (χ1v) is 5.08. The van der Waals surface area contributed by atoms with Crippen LogP contribution in [0.1, 0.15) is 20.8 Å². The van der Waals surface area contributed by atoms with Gasteiger partial charge in [0.2, 0.25) is 0 Å². The lowest BCUT2D eigenvalue weighted by Crippen LogP contribution is -2.20. The van der Waals surface area contributed by atoms with Gasteiger partial charge in [-0.05, 0) is 5.41 Å². The molecule has 0 radical (unpaired) electrons. The Kier molecular flexibility index (Phi) is 3.65. The van der Waals surface area contributed by atoms with E-state index in [9.17, 15) is 18.9 Å². The van der Waals surface area contributed by atoms with Crippen molar-refractivity contribution in [2.45, 2.75) is 20.8 Å². The fourth-order valence-electron chi connectivity index (χ4n) is 1.23. The summed E-state index contributed by atoms with van der Waals surface area (Å²) in [7, 11) is 0. The van der Waals surface area contributed by atoms with E-state index < -0.39 is 22.2 Å². The summed E-state index contributed by atoms with van der Waals surface area (Å²) in [4.78, 5) is 9.87. The molecule has 1 rings (SSSR count). The second kappa shape index (κ2) is 4.65. The lowest BCUT2D eigenvalue weighted by atomic mass is 9.97. The van der Waals surface area contributed by atoms with Crippen molar-refractivity contribution in [3.05, 3.63) is 33.9 Å². The smallest absolute Gasteiger partial charge is 0.298 e. The molecule has 94 valence electrons. The van der Waals surface area contributed by atoms with E-state index in [2.05, 4.69) is 5.32 Å². The molecule has 0 saturated heterocycles. The summed E-state index contributed by atoms with van der Waals surface area (Å²) < 4.78 is 26.3. The van der Waals surface area contributed by atoms with Gasteiger partial charge in [-0.3, -0.25) is 10.1 Å². The molecule has 17 heavy (non-hydrogen) atoms. The van der Waals surface area contributed by atoms with Gasteiger partial charge in [0, 0.05) is 12.6 Å². The summed E-state index contributed by atoms with van der Waals surface area (Å²) in [5.41, 5.74) is -1.03. The Morgan fingerprint density at radius 2 is 1.94 bits per heavy atom. The van der Waals surface area contributed by atoms with Crippen LogP contribution in [0.3, 0.4) is 0 Å². The normalized spacial score (nSPS) is 11.4. The minimum atomic E-state index is -0.962. The summed E-state index contributed by atoms with van der Waals surface area (Å²) in [6.07, 6.45) is 0. The maximum absolute atomic E-state index is 13.4. The van der Waals surface area contributed by atoms with Crippen LogP contribution in [0.5, 0.6) is 0 Å². The number of halogens is 2. The second-order valence-electron chi connectivity index (χ2n) is 4.95. The van der Waals surface area contributed by atoms with E-state index in [0.29, 0.717) is 18.7 Å². The monoisotopic (exact) mass is 244 g/mol. The van der Waals surface area contributed by atoms with E-state index in [1.54, 1.807) is 0 Å². The van der Waals surface area contributed by atoms with Crippen molar-refractivity contribution in [3.8, 4) is 0 Å². The van der Waals surface area contributed by atoms with Gasteiger partial charge in [0.1, 0.15) is 11.5 Å². The van der Waals surface area contributed by atoms with Crippen molar-refractivity contribution >= 4 is 11.4 Å². The standard InChI is InChI=1S/C11H14F2N2O2/c1-11(2,3)6-14-10-8(13)4-7(12)5-9(10)15(16)17/h4-5,14H,6H2,1-3H3. The third-order valence-electron chi connectivity index (χ3n) is 2.03. The summed E-state index contributed by atoms with van der Waals surface area (Å²) in [6.45, 7) is 6.03. The lowest BCUT2D eigenvalue weighted by molar-refractivity contribution is -0.384. The largest absolute Gasteiger partial charge is 0.377 e. The predicted octanol–water partition coefficient (Wildman–Crippen LogP) is 3.33. The summed E-state index contributed by atoms with van der Waals surface area (Å²) in [5, 5.41) is 13.3. The van der Waals surface area contributed by atoms with Crippen molar-refractivity contribution < 1.29 is 13.7 Å². The molecule has 0 fully saturated rings. The SMILES string of the molecule is CC(C)(C)CNc1c(F)cc(F)cc1[N+](=O)[O-]. The second-order valence-corrected chi connectivity index (χ2v) is 4.95. The molecule has 0 aliphatic carbocycles. The van der Waals surface area contributed by atoms with Gasteiger partial charge in [-0.2, -0.15) is 0 Å². The van der Waals surface area contributed by atoms with Crippen LogP contribution in [0, 0.1) is 27.2 Å². The van der Waals surface area contributed by atoms with E-state index in [0.717, 1.165) is 0 Å². The van der Waals surface area contributed by atoms with Crippen molar-refractivity contribution in [3.63, 3.8) is 0 Å². The molecule has 1 N–H and O–H groups in total. The molecule has 0 heterocycles. The molecule has 0 atom stereocenters. The molecule has 0 saturated carbocycles. The van der Waals surface area contributed by atoms with Crippen molar-refractivity contribution in [1.29, 1.82) is 0 Å². The molecule has 0 unspecified atom stereocenters. The maximum Gasteiger partial charge on any atom is 0.298 e. The Morgan fingerprint density at radius 1 is 1.35 bits per heavy atom. The molecule has 1 aromatic carbocycles. The Hall–Kier alpha value is -1.72. The molecule has 1 aromatic rings. The number of nitrogens with one attached hydrogen (secondary N) is 1. The minimum absolute atomic E-state index is 0.172. The highest BCUT2D eigenvalue weighted by molar-refractivity contribution is 5.62. The van der Waals surface area contributed by atoms with Gasteiger partial charge in [0.15, 0.2) is 5.82 Å². The molecular formula is C11H14F2N2O2. The highest BCUT2D eigenvalue weighted by Crippen LogP contribution is 2.29. The fraction of sp³-hybridized carbons (Fsp3) is 0.455. The molecule has 0 aliphatic rings. The molecule has 0 aromatic heterocycles. The van der Waals surface area contributed by atoms with E-state index in [4.69, 9.17) is 0 Å². The van der Waals surface area contributed by atoms with Crippen molar-refractivity contribution in [2.75, 3.05) is 11.9 Å². The number of rotatable bonds is 3. The van der Waals surface area contributed by atoms with Crippen LogP contribution in [0.15, 0.2) is 12.1 Å². The third kappa shape index (κ3) is 3.65. The van der Waals surface area contributed by atoms with E-state index in [1.807, 2.05) is 20.8 Å². The van der Waals surface area contributed by atoms with Crippen molar-refractivity contribution in [1.82, 2.24) is 0 Å². The number of anilines is 1. The third-order valence-corrected chi connectivity index (χ3v) is 2.03. The summed E-state index contributed by atoms with van der Waals surface area (Å²) >= 11 is 0. The maximum atomic E-state index is 13.4. The van der Waals surface area contributed by atoms with Crippen LogP contribution in [-0.2, 0) is 0 Å². The highest BCUT2D eigenvalue weighted by atomic mass is 19.1. The van der Waals surface area contributed by atoms with Gasteiger partial charge in [0.25, 0.3) is 5.69 Å². The van der Waals surface area contributed by atoms with Crippen LogP contribution in [0.25, 0.3) is 0 Å². The van der Waals surface area contributed by atoms with Crippen LogP contribution >= 0.6 is 0 Å². The Balaban J connectivity index is 3.09. The van der Waals surface area contributed by atoms with Gasteiger partial charge in [0.05, 0.1) is 11.0 Å². The first-order valence-electron chi connectivity index (χ1n) is 5.08. The van der Waals surface area contributed by atoms with Gasteiger partial charge in [-0.1, -0.05) is 20.8 Å². The number of nitro benzene ring substituents is 1. The number of hydrogen-bond donors (Lipinski definition) is 1. The molecule has 6 heteroatoms. The fourth-order valence-corrected chi connectivity index (χ4v) is 1.23. The van der Waals surface area contributed by atoms with Gasteiger partial charge >= 0.3 is 0 Å². The zero-order chi connectivity index (χ0) is 13.2. The van der Waals surface area contributed by atoms with Gasteiger partial charge < -0.3 is 5.32 Å². The van der Waals surface area contributed by atoms with Crippen LogP contribution in [0.4, 0.5) is 20.2 Å². The minimum Gasteiger partial charge on any atom is -0.377 e. The number of nitrogens with zero attached hydrogens (tertiary/aromatic N) is 1. The highest BCUT2D eigenvalue weighted by Gasteiger charge is 2.21. The van der Waals surface area contributed by atoms with E-state index >= 15 is 0 Å². The Bertz CT molecular complexity index is 442. The number of nitro groups is 1. The number of hydrogen-bond acceptors (Lipinski definition) is 3. The average molecular weight is 244 g/mol. The first-order chi connectivity index (χ1) is 7.70. The van der Waals surface area contributed by atoms with Crippen molar-refractivity contribution in [2.24, 2.45) is 5.41 Å². The van der Waals surface area contributed by atoms with E-state index in [1.165, 1.54) is 0 Å².